The molecule has 96 valence electrons. The van der Waals surface area contributed by atoms with Crippen LogP contribution < -0.4 is 11.3 Å². The van der Waals surface area contributed by atoms with Crippen LogP contribution in [0.3, 0.4) is 0 Å². The zero-order valence-corrected chi connectivity index (χ0v) is 10.9. The molecule has 1 unspecified atom stereocenters. The molecule has 0 aliphatic rings. The predicted molar refractivity (Wildman–Crippen MR) is 70.2 cm³/mol. The van der Waals surface area contributed by atoms with Gasteiger partial charge < -0.3 is 0 Å². The lowest BCUT2D eigenvalue weighted by Crippen LogP contribution is -2.28. The van der Waals surface area contributed by atoms with Crippen LogP contribution in [0.25, 0.3) is 0 Å². The van der Waals surface area contributed by atoms with E-state index in [0.717, 1.165) is 19.3 Å². The van der Waals surface area contributed by atoms with Crippen LogP contribution in [0.15, 0.2) is 18.2 Å². The van der Waals surface area contributed by atoms with Crippen LogP contribution >= 0.6 is 11.6 Å². The minimum Gasteiger partial charge on any atom is -0.271 e. The first-order valence-electron chi connectivity index (χ1n) is 6.10. The van der Waals surface area contributed by atoms with E-state index in [2.05, 4.69) is 12.3 Å². The number of hydrogen-bond acceptors (Lipinski definition) is 2. The summed E-state index contributed by atoms with van der Waals surface area (Å²) in [5.74, 6) is 5.22. The van der Waals surface area contributed by atoms with Crippen molar-refractivity contribution < 1.29 is 4.39 Å². The van der Waals surface area contributed by atoms with Crippen molar-refractivity contribution in [3.05, 3.63) is 34.6 Å². The summed E-state index contributed by atoms with van der Waals surface area (Å²) in [7, 11) is 0. The van der Waals surface area contributed by atoms with Crippen molar-refractivity contribution >= 4 is 11.6 Å². The second-order valence-electron chi connectivity index (χ2n) is 4.23. The largest absolute Gasteiger partial charge is 0.271 e. The quantitative estimate of drug-likeness (QED) is 0.441. The van der Waals surface area contributed by atoms with Gasteiger partial charge in [0.05, 0.1) is 0 Å². The lowest BCUT2D eigenvalue weighted by atomic mass is 10.00. The zero-order valence-electron chi connectivity index (χ0n) is 10.2. The van der Waals surface area contributed by atoms with Gasteiger partial charge in [-0.15, -0.1) is 0 Å². The number of nitrogens with one attached hydrogen (secondary N) is 1. The highest BCUT2D eigenvalue weighted by molar-refractivity contribution is 6.30. The molecule has 3 N–H and O–H groups in total. The molecule has 0 aliphatic carbocycles. The van der Waals surface area contributed by atoms with Crippen molar-refractivity contribution in [1.82, 2.24) is 5.43 Å². The molecular formula is C13H20ClFN2. The Kier molecular flexibility index (Phi) is 6.48. The van der Waals surface area contributed by atoms with Crippen LogP contribution in [-0.4, -0.2) is 0 Å². The fourth-order valence-corrected chi connectivity index (χ4v) is 2.07. The van der Waals surface area contributed by atoms with E-state index >= 15 is 0 Å². The van der Waals surface area contributed by atoms with Crippen LogP contribution in [0, 0.1) is 5.82 Å². The van der Waals surface area contributed by atoms with Crippen LogP contribution in [0.2, 0.25) is 5.02 Å². The molecular weight excluding hydrogens is 239 g/mol. The summed E-state index contributed by atoms with van der Waals surface area (Å²) in [4.78, 5) is 0. The van der Waals surface area contributed by atoms with E-state index < -0.39 is 0 Å². The summed E-state index contributed by atoms with van der Waals surface area (Å²) in [5, 5.41) is 0.537. The van der Waals surface area contributed by atoms with Crippen molar-refractivity contribution in [3.63, 3.8) is 0 Å². The third-order valence-corrected chi connectivity index (χ3v) is 3.12. The molecule has 0 bridgehead atoms. The summed E-state index contributed by atoms with van der Waals surface area (Å²) in [5.41, 5.74) is 3.22. The Labute approximate surface area is 107 Å². The van der Waals surface area contributed by atoms with Gasteiger partial charge in [0.1, 0.15) is 5.82 Å². The fraction of sp³-hybridized carbons (Fsp3) is 0.538. The summed E-state index contributed by atoms with van der Waals surface area (Å²) < 4.78 is 13.6. The van der Waals surface area contributed by atoms with Gasteiger partial charge in [0.2, 0.25) is 0 Å². The molecule has 0 saturated carbocycles. The van der Waals surface area contributed by atoms with Crippen molar-refractivity contribution in [3.8, 4) is 0 Å². The summed E-state index contributed by atoms with van der Waals surface area (Å²) in [6, 6.07) is 4.41. The highest BCUT2D eigenvalue weighted by Gasteiger charge is 2.14. The van der Waals surface area contributed by atoms with Gasteiger partial charge in [-0.3, -0.25) is 11.3 Å². The Bertz CT molecular complexity index is 344. The lowest BCUT2D eigenvalue weighted by Gasteiger charge is -2.17. The molecule has 0 spiro atoms. The maximum atomic E-state index is 13.6. The number of hydrazine groups is 1. The molecule has 0 radical (unpaired) electrons. The highest BCUT2D eigenvalue weighted by Crippen LogP contribution is 2.25. The molecule has 1 rings (SSSR count). The van der Waals surface area contributed by atoms with Gasteiger partial charge in [0.25, 0.3) is 0 Å². The minimum atomic E-state index is -0.257. The Morgan fingerprint density at radius 3 is 2.76 bits per heavy atom. The molecule has 1 aromatic carbocycles. The molecule has 0 aromatic heterocycles. The molecule has 0 aliphatic heterocycles. The Hall–Kier alpha value is -0.640. The molecule has 4 heteroatoms. The summed E-state index contributed by atoms with van der Waals surface area (Å²) in [6.07, 6.45) is 5.40. The average molecular weight is 259 g/mol. The van der Waals surface area contributed by atoms with E-state index in [-0.39, 0.29) is 11.9 Å². The van der Waals surface area contributed by atoms with Gasteiger partial charge in [-0.25, -0.2) is 4.39 Å². The molecule has 0 heterocycles. The average Bonchev–Trinajstić information content (AvgIpc) is 2.33. The summed E-state index contributed by atoms with van der Waals surface area (Å²) >= 11 is 5.87. The molecule has 17 heavy (non-hydrogen) atoms. The second kappa shape index (κ2) is 7.64. The third kappa shape index (κ3) is 4.62. The van der Waals surface area contributed by atoms with Gasteiger partial charge in [-0.05, 0) is 24.6 Å². The summed E-state index contributed by atoms with van der Waals surface area (Å²) in [6.45, 7) is 2.16. The predicted octanol–water partition coefficient (Wildman–Crippen LogP) is 3.95. The number of rotatable bonds is 7. The van der Waals surface area contributed by atoms with Crippen molar-refractivity contribution in [2.75, 3.05) is 0 Å². The van der Waals surface area contributed by atoms with Gasteiger partial charge in [-0.1, -0.05) is 44.2 Å². The number of nitrogens with two attached hydrogens (primary N) is 1. The SMILES string of the molecule is CCCCCCC(NN)c1cc(Cl)ccc1F. The molecule has 0 amide bonds. The Morgan fingerprint density at radius 1 is 1.35 bits per heavy atom. The number of halogens is 2. The van der Waals surface area contributed by atoms with Gasteiger partial charge in [-0.2, -0.15) is 0 Å². The molecule has 2 nitrogen and oxygen atoms in total. The van der Waals surface area contributed by atoms with E-state index in [1.807, 2.05) is 0 Å². The van der Waals surface area contributed by atoms with Crippen LogP contribution in [0.1, 0.15) is 50.6 Å². The van der Waals surface area contributed by atoms with Gasteiger partial charge in [0.15, 0.2) is 0 Å². The smallest absolute Gasteiger partial charge is 0.128 e. The first-order valence-corrected chi connectivity index (χ1v) is 6.48. The van der Waals surface area contributed by atoms with Crippen molar-refractivity contribution in [2.45, 2.75) is 45.1 Å². The van der Waals surface area contributed by atoms with E-state index in [1.165, 1.54) is 18.9 Å². The fourth-order valence-electron chi connectivity index (χ4n) is 1.89. The Morgan fingerprint density at radius 2 is 2.12 bits per heavy atom. The van der Waals surface area contributed by atoms with E-state index in [9.17, 15) is 4.39 Å². The van der Waals surface area contributed by atoms with Crippen molar-refractivity contribution in [1.29, 1.82) is 0 Å². The highest BCUT2D eigenvalue weighted by atomic mass is 35.5. The number of unbranched alkanes of at least 4 members (excludes halogenated alkanes) is 3. The molecule has 0 saturated heterocycles. The van der Waals surface area contributed by atoms with Crippen LogP contribution in [0.4, 0.5) is 4.39 Å². The lowest BCUT2D eigenvalue weighted by molar-refractivity contribution is 0.461. The topological polar surface area (TPSA) is 38.0 Å². The maximum Gasteiger partial charge on any atom is 0.128 e. The van der Waals surface area contributed by atoms with Crippen LogP contribution in [-0.2, 0) is 0 Å². The first kappa shape index (κ1) is 14.4. The Balaban J connectivity index is 2.62. The molecule has 1 aromatic rings. The van der Waals surface area contributed by atoms with Crippen molar-refractivity contribution in [2.24, 2.45) is 5.84 Å². The normalized spacial score (nSPS) is 12.7. The standard InChI is InChI=1S/C13H20ClFN2/c1-2-3-4-5-6-13(17-16)11-9-10(14)7-8-12(11)15/h7-9,13,17H,2-6,16H2,1H3. The number of hydrogen-bond donors (Lipinski definition) is 2. The molecule has 1 atom stereocenters. The van der Waals surface area contributed by atoms with Gasteiger partial charge in [0, 0.05) is 16.6 Å². The minimum absolute atomic E-state index is 0.162. The zero-order chi connectivity index (χ0) is 12.7. The monoisotopic (exact) mass is 258 g/mol. The number of benzene rings is 1. The van der Waals surface area contributed by atoms with E-state index in [0.29, 0.717) is 10.6 Å². The third-order valence-electron chi connectivity index (χ3n) is 2.88. The first-order chi connectivity index (χ1) is 8.19. The van der Waals surface area contributed by atoms with E-state index in [1.54, 1.807) is 12.1 Å². The van der Waals surface area contributed by atoms with E-state index in [4.69, 9.17) is 17.4 Å². The second-order valence-corrected chi connectivity index (χ2v) is 4.67. The maximum absolute atomic E-state index is 13.6. The molecule has 0 fully saturated rings. The van der Waals surface area contributed by atoms with Gasteiger partial charge >= 0.3 is 0 Å². The van der Waals surface area contributed by atoms with Crippen LogP contribution in [0.5, 0.6) is 0 Å².